The van der Waals surface area contributed by atoms with Crippen molar-refractivity contribution in [2.45, 2.75) is 62.9 Å². The summed E-state index contributed by atoms with van der Waals surface area (Å²) in [5.74, 6) is -0.250. The van der Waals surface area contributed by atoms with Gasteiger partial charge in [-0.3, -0.25) is 9.59 Å². The smallest absolute Gasteiger partial charge is 0.243 e. The van der Waals surface area contributed by atoms with E-state index in [-0.39, 0.29) is 41.8 Å². The average molecular weight is 537 g/mol. The Kier molecular flexibility index (Phi) is 10.3. The minimum Gasteiger partial charge on any atom is -0.352 e. The van der Waals surface area contributed by atoms with Crippen LogP contribution in [0.2, 0.25) is 0 Å². The van der Waals surface area contributed by atoms with Crippen molar-refractivity contribution < 1.29 is 18.4 Å². The van der Waals surface area contributed by atoms with Crippen LogP contribution in [-0.2, 0) is 28.3 Å². The third-order valence-electron chi connectivity index (χ3n) is 6.90. The van der Waals surface area contributed by atoms with E-state index in [4.69, 9.17) is 0 Å². The van der Waals surface area contributed by atoms with E-state index in [1.165, 1.54) is 42.4 Å². The fourth-order valence-corrected chi connectivity index (χ4v) is 5.68. The molecular weight excluding hydrogens is 502 g/mol. The van der Waals surface area contributed by atoms with Gasteiger partial charge in [0.1, 0.15) is 17.7 Å². The molecule has 0 bridgehead atoms. The summed E-state index contributed by atoms with van der Waals surface area (Å²) in [5, 5.41) is 3.22. The maximum Gasteiger partial charge on any atom is 0.243 e. The first-order valence-corrected chi connectivity index (χ1v) is 14.3. The van der Waals surface area contributed by atoms with Gasteiger partial charge in [0.05, 0.1) is 5.75 Å². The van der Waals surface area contributed by atoms with Crippen molar-refractivity contribution >= 4 is 23.6 Å². The topological polar surface area (TPSA) is 49.4 Å². The molecule has 0 heterocycles. The molecule has 0 spiro atoms. The van der Waals surface area contributed by atoms with Crippen LogP contribution in [0.5, 0.6) is 0 Å². The summed E-state index contributed by atoms with van der Waals surface area (Å²) < 4.78 is 26.9. The van der Waals surface area contributed by atoms with Gasteiger partial charge in [-0.2, -0.15) is 0 Å². The molecule has 38 heavy (non-hydrogen) atoms. The van der Waals surface area contributed by atoms with E-state index in [0.717, 1.165) is 42.4 Å². The largest absolute Gasteiger partial charge is 0.352 e. The summed E-state index contributed by atoms with van der Waals surface area (Å²) in [7, 11) is 0. The predicted molar refractivity (Wildman–Crippen MR) is 148 cm³/mol. The standard InChI is InChI=1S/C31H34F2N2O2S/c32-26-15-11-24(12-16-26)20-35(30(36)22-38-21-25-13-17-27(33)18-14-25)29(19-23-7-3-1-4-8-23)31(37)34-28-9-5-2-6-10-28/h1,3-4,7-8,11-18,28-29H,2,5-6,9-10,19-22H2,(H,34,37)/t29-/m1/s1. The van der Waals surface area contributed by atoms with Crippen molar-refractivity contribution in [3.8, 4) is 0 Å². The fourth-order valence-electron chi connectivity index (χ4n) is 4.80. The molecule has 4 rings (SSSR count). The number of carbonyl (C=O) groups is 2. The Labute approximate surface area is 227 Å². The van der Waals surface area contributed by atoms with Crippen LogP contribution < -0.4 is 5.32 Å². The summed E-state index contributed by atoms with van der Waals surface area (Å²) in [6, 6.07) is 21.4. The second kappa shape index (κ2) is 14.1. The lowest BCUT2D eigenvalue weighted by atomic mass is 9.94. The van der Waals surface area contributed by atoms with E-state index in [0.29, 0.717) is 12.2 Å². The van der Waals surface area contributed by atoms with Crippen LogP contribution in [0.1, 0.15) is 48.8 Å². The van der Waals surface area contributed by atoms with Crippen molar-refractivity contribution in [1.29, 1.82) is 0 Å². The molecule has 2 amide bonds. The zero-order chi connectivity index (χ0) is 26.7. The summed E-state index contributed by atoms with van der Waals surface area (Å²) in [6.45, 7) is 0.200. The molecular formula is C31H34F2N2O2S. The van der Waals surface area contributed by atoms with E-state index >= 15 is 0 Å². The highest BCUT2D eigenvalue weighted by Crippen LogP contribution is 2.21. The first-order valence-electron chi connectivity index (χ1n) is 13.2. The van der Waals surface area contributed by atoms with Crippen LogP contribution in [0, 0.1) is 11.6 Å². The lowest BCUT2D eigenvalue weighted by molar-refractivity contribution is -0.139. The maximum absolute atomic E-state index is 13.7. The highest BCUT2D eigenvalue weighted by atomic mass is 32.2. The number of rotatable bonds is 11. The predicted octanol–water partition coefficient (Wildman–Crippen LogP) is 6.29. The van der Waals surface area contributed by atoms with Crippen LogP contribution in [0.25, 0.3) is 0 Å². The highest BCUT2D eigenvalue weighted by Gasteiger charge is 2.31. The van der Waals surface area contributed by atoms with Crippen LogP contribution in [0.4, 0.5) is 8.78 Å². The number of thioether (sulfide) groups is 1. The quantitative estimate of drug-likeness (QED) is 0.314. The van der Waals surface area contributed by atoms with E-state index in [1.54, 1.807) is 29.2 Å². The Morgan fingerprint density at radius 2 is 1.42 bits per heavy atom. The Morgan fingerprint density at radius 3 is 2.05 bits per heavy atom. The molecule has 3 aromatic rings. The van der Waals surface area contributed by atoms with Gasteiger partial charge in [-0.05, 0) is 53.8 Å². The normalized spacial score (nSPS) is 14.6. The number of halogens is 2. The van der Waals surface area contributed by atoms with Gasteiger partial charge in [-0.1, -0.05) is 73.9 Å². The number of hydrogen-bond donors (Lipinski definition) is 1. The van der Waals surface area contributed by atoms with E-state index < -0.39 is 6.04 Å². The Morgan fingerprint density at radius 1 is 0.816 bits per heavy atom. The minimum absolute atomic E-state index is 0.116. The van der Waals surface area contributed by atoms with Crippen LogP contribution in [0.3, 0.4) is 0 Å². The SMILES string of the molecule is O=C(NC1CCCCC1)[C@@H](Cc1ccccc1)N(Cc1ccc(F)cc1)C(=O)CSCc1ccc(F)cc1. The number of benzene rings is 3. The molecule has 1 saturated carbocycles. The van der Waals surface area contributed by atoms with Crippen molar-refractivity contribution in [3.05, 3.63) is 107 Å². The van der Waals surface area contributed by atoms with Crippen molar-refractivity contribution in [2.75, 3.05) is 5.75 Å². The molecule has 0 aliphatic heterocycles. The first kappa shape index (κ1) is 27.8. The second-order valence-corrected chi connectivity index (χ2v) is 10.8. The van der Waals surface area contributed by atoms with Gasteiger partial charge in [-0.25, -0.2) is 8.78 Å². The van der Waals surface area contributed by atoms with Gasteiger partial charge >= 0.3 is 0 Å². The monoisotopic (exact) mass is 536 g/mol. The van der Waals surface area contributed by atoms with Gasteiger partial charge in [0.15, 0.2) is 0 Å². The second-order valence-electron chi connectivity index (χ2n) is 9.82. The molecule has 1 atom stereocenters. The van der Waals surface area contributed by atoms with Gasteiger partial charge < -0.3 is 10.2 Å². The van der Waals surface area contributed by atoms with Crippen LogP contribution >= 0.6 is 11.8 Å². The summed E-state index contributed by atoms with van der Waals surface area (Å²) >= 11 is 1.43. The van der Waals surface area contributed by atoms with E-state index in [1.807, 2.05) is 30.3 Å². The third kappa shape index (κ3) is 8.42. The molecule has 1 aliphatic carbocycles. The van der Waals surface area contributed by atoms with Gasteiger partial charge in [0.25, 0.3) is 0 Å². The van der Waals surface area contributed by atoms with Crippen molar-refractivity contribution in [3.63, 3.8) is 0 Å². The number of nitrogens with one attached hydrogen (secondary N) is 1. The molecule has 1 N–H and O–H groups in total. The summed E-state index contributed by atoms with van der Waals surface area (Å²) in [6.07, 6.45) is 5.64. The van der Waals surface area contributed by atoms with E-state index in [2.05, 4.69) is 5.32 Å². The van der Waals surface area contributed by atoms with Crippen LogP contribution in [0.15, 0.2) is 78.9 Å². The molecule has 1 fully saturated rings. The lowest BCUT2D eigenvalue weighted by Gasteiger charge is -2.33. The molecule has 1 aliphatic rings. The molecule has 200 valence electrons. The van der Waals surface area contributed by atoms with Gasteiger partial charge in [-0.15, -0.1) is 11.8 Å². The fraction of sp³-hybridized carbons (Fsp3) is 0.355. The number of amides is 2. The molecule has 7 heteroatoms. The first-order chi connectivity index (χ1) is 18.5. The number of hydrogen-bond acceptors (Lipinski definition) is 3. The molecule has 0 unspecified atom stereocenters. The van der Waals surface area contributed by atoms with Crippen molar-refractivity contribution in [2.24, 2.45) is 0 Å². The maximum atomic E-state index is 13.7. The minimum atomic E-state index is -0.705. The molecule has 0 saturated heterocycles. The summed E-state index contributed by atoms with van der Waals surface area (Å²) in [4.78, 5) is 29.0. The molecule has 3 aromatic carbocycles. The Hall–Kier alpha value is -3.19. The molecule has 0 radical (unpaired) electrons. The number of nitrogens with zero attached hydrogens (tertiary/aromatic N) is 1. The van der Waals surface area contributed by atoms with E-state index in [9.17, 15) is 18.4 Å². The number of carbonyl (C=O) groups excluding carboxylic acids is 2. The highest BCUT2D eigenvalue weighted by molar-refractivity contribution is 7.99. The van der Waals surface area contributed by atoms with Gasteiger partial charge in [0, 0.05) is 24.8 Å². The third-order valence-corrected chi connectivity index (χ3v) is 7.88. The summed E-state index contributed by atoms with van der Waals surface area (Å²) in [5.41, 5.74) is 2.64. The lowest BCUT2D eigenvalue weighted by Crippen LogP contribution is -2.53. The van der Waals surface area contributed by atoms with Crippen molar-refractivity contribution in [1.82, 2.24) is 10.2 Å². The van der Waals surface area contributed by atoms with Crippen LogP contribution in [-0.4, -0.2) is 34.6 Å². The zero-order valence-electron chi connectivity index (χ0n) is 21.5. The average Bonchev–Trinajstić information content (AvgIpc) is 2.94. The molecule has 0 aromatic heterocycles. The Balaban J connectivity index is 1.55. The zero-order valence-corrected chi connectivity index (χ0v) is 22.3. The molecule has 4 nitrogen and oxygen atoms in total. The van der Waals surface area contributed by atoms with Gasteiger partial charge in [0.2, 0.25) is 11.8 Å². The Bertz CT molecular complexity index is 1170.